The van der Waals surface area contributed by atoms with Gasteiger partial charge in [-0.1, -0.05) is 50.7 Å². The van der Waals surface area contributed by atoms with Gasteiger partial charge in [-0.3, -0.25) is 0 Å². The van der Waals surface area contributed by atoms with Gasteiger partial charge in [0.2, 0.25) is 0 Å². The number of unbranched alkanes of at least 4 members (excludes halogenated alkanes) is 3. The van der Waals surface area contributed by atoms with E-state index in [9.17, 15) is 8.42 Å². The number of ether oxygens (including phenoxy) is 2. The van der Waals surface area contributed by atoms with Crippen LogP contribution in [0, 0.1) is 11.8 Å². The predicted octanol–water partition coefficient (Wildman–Crippen LogP) is 6.22. The number of rotatable bonds is 11. The lowest BCUT2D eigenvalue weighted by Gasteiger charge is -2.30. The summed E-state index contributed by atoms with van der Waals surface area (Å²) < 4.78 is 35.2. The molecule has 30 heavy (non-hydrogen) atoms. The Labute approximate surface area is 184 Å². The summed E-state index contributed by atoms with van der Waals surface area (Å²) in [4.78, 5) is 0. The van der Waals surface area contributed by atoms with E-state index in [0.29, 0.717) is 11.7 Å². The van der Waals surface area contributed by atoms with Gasteiger partial charge in [-0.15, -0.1) is 0 Å². The largest absolute Gasteiger partial charge is 0.493 e. The maximum absolute atomic E-state index is 12.4. The Kier molecular flexibility index (Phi) is 9.52. The lowest BCUT2D eigenvalue weighted by Crippen LogP contribution is -2.34. The van der Waals surface area contributed by atoms with Crippen molar-refractivity contribution in [2.45, 2.75) is 89.7 Å². The molecule has 1 aromatic rings. The quantitative estimate of drug-likeness (QED) is 0.385. The van der Waals surface area contributed by atoms with E-state index in [0.717, 1.165) is 36.7 Å². The molecule has 0 N–H and O–H groups in total. The zero-order valence-electron chi connectivity index (χ0n) is 19.7. The second-order valence-corrected chi connectivity index (χ2v) is 12.7. The molecule has 0 unspecified atom stereocenters. The van der Waals surface area contributed by atoms with Gasteiger partial charge in [-0.05, 0) is 69.9 Å². The van der Waals surface area contributed by atoms with Gasteiger partial charge in [-0.25, -0.2) is 8.42 Å². The number of hydrogen-bond donors (Lipinski definition) is 0. The lowest BCUT2D eigenvalue weighted by molar-refractivity contribution is 0.272. The fourth-order valence-electron chi connectivity index (χ4n) is 4.50. The van der Waals surface area contributed by atoms with Gasteiger partial charge in [0, 0.05) is 0 Å². The van der Waals surface area contributed by atoms with Crippen LogP contribution < -0.4 is 9.47 Å². The van der Waals surface area contributed by atoms with Crippen molar-refractivity contribution in [3.05, 3.63) is 23.8 Å². The van der Waals surface area contributed by atoms with E-state index < -0.39 is 14.6 Å². The minimum Gasteiger partial charge on any atom is -0.493 e. The minimum atomic E-state index is -2.99. The number of hydrogen-bond acceptors (Lipinski definition) is 4. The summed E-state index contributed by atoms with van der Waals surface area (Å²) in [5.74, 6) is 3.20. The smallest absolute Gasteiger partial charge is 0.163 e. The average molecular weight is 439 g/mol. The fourth-order valence-corrected chi connectivity index (χ4v) is 5.95. The first kappa shape index (κ1) is 25.0. The van der Waals surface area contributed by atoms with Crippen LogP contribution in [0.4, 0.5) is 0 Å². The highest BCUT2D eigenvalue weighted by molar-refractivity contribution is 7.92. The number of sulfone groups is 1. The molecule has 0 atom stereocenters. The second kappa shape index (κ2) is 11.4. The summed E-state index contributed by atoms with van der Waals surface area (Å²) in [6.45, 7) is 5.45. The molecule has 0 amide bonds. The second-order valence-electron chi connectivity index (χ2n) is 9.89. The topological polar surface area (TPSA) is 52.6 Å². The Bertz CT molecular complexity index is 741. The van der Waals surface area contributed by atoms with E-state index >= 15 is 0 Å². The van der Waals surface area contributed by atoms with E-state index in [4.69, 9.17) is 9.47 Å². The van der Waals surface area contributed by atoms with Crippen molar-refractivity contribution in [2.75, 3.05) is 20.0 Å². The van der Waals surface area contributed by atoms with E-state index in [-0.39, 0.29) is 0 Å². The molecule has 1 aliphatic rings. The zero-order valence-corrected chi connectivity index (χ0v) is 20.5. The third-order valence-electron chi connectivity index (χ3n) is 6.65. The van der Waals surface area contributed by atoms with Crippen molar-refractivity contribution in [1.29, 1.82) is 0 Å². The lowest BCUT2D eigenvalue weighted by atomic mass is 9.80. The molecule has 5 heteroatoms. The molecule has 1 aliphatic carbocycles. The first-order chi connectivity index (χ1) is 14.2. The molecule has 2 rings (SSSR count). The van der Waals surface area contributed by atoms with Crippen molar-refractivity contribution < 1.29 is 17.9 Å². The Hall–Kier alpha value is -1.23. The molecular weight excluding hydrogens is 396 g/mol. The molecule has 0 bridgehead atoms. The SMILES string of the molecule is COc1cccc(CCCCCCC2CCC(CS(=O)(=O)C(C)(C)C)CC2)c1OC. The fraction of sp³-hybridized carbons (Fsp3) is 0.760. The molecule has 0 aliphatic heterocycles. The molecular formula is C25H42O4S. The van der Waals surface area contributed by atoms with Gasteiger partial charge in [0.1, 0.15) is 0 Å². The highest BCUT2D eigenvalue weighted by Crippen LogP contribution is 2.35. The summed E-state index contributed by atoms with van der Waals surface area (Å²) in [6, 6.07) is 6.09. The maximum atomic E-state index is 12.4. The average Bonchev–Trinajstić information content (AvgIpc) is 2.70. The highest BCUT2D eigenvalue weighted by atomic mass is 32.2. The molecule has 0 aromatic heterocycles. The first-order valence-electron chi connectivity index (χ1n) is 11.6. The Morgan fingerprint density at radius 3 is 2.13 bits per heavy atom. The monoisotopic (exact) mass is 438 g/mol. The molecule has 0 saturated heterocycles. The van der Waals surface area contributed by atoms with Crippen molar-refractivity contribution in [1.82, 2.24) is 0 Å². The number of aryl methyl sites for hydroxylation is 1. The number of benzene rings is 1. The summed E-state index contributed by atoms with van der Waals surface area (Å²) in [5, 5.41) is 0. The van der Waals surface area contributed by atoms with Crippen molar-refractivity contribution in [3.63, 3.8) is 0 Å². The van der Waals surface area contributed by atoms with Crippen LogP contribution in [0.5, 0.6) is 11.5 Å². The van der Waals surface area contributed by atoms with Crippen LogP contribution in [0.2, 0.25) is 0 Å². The molecule has 1 aromatic carbocycles. The maximum Gasteiger partial charge on any atom is 0.163 e. The summed E-state index contributed by atoms with van der Waals surface area (Å²) in [6.07, 6.45) is 11.8. The van der Waals surface area contributed by atoms with Crippen LogP contribution in [0.25, 0.3) is 0 Å². The van der Waals surface area contributed by atoms with Gasteiger partial charge in [-0.2, -0.15) is 0 Å². The molecule has 0 heterocycles. The van der Waals surface area contributed by atoms with Gasteiger partial charge < -0.3 is 9.47 Å². The number of para-hydroxylation sites is 1. The molecule has 4 nitrogen and oxygen atoms in total. The van der Waals surface area contributed by atoms with Crippen molar-refractivity contribution >= 4 is 9.84 Å². The Morgan fingerprint density at radius 1 is 0.900 bits per heavy atom. The normalized spacial score (nSPS) is 20.2. The minimum absolute atomic E-state index is 0.364. The van der Waals surface area contributed by atoms with Gasteiger partial charge in [0.15, 0.2) is 21.3 Å². The van der Waals surface area contributed by atoms with Crippen LogP contribution in [0.15, 0.2) is 18.2 Å². The predicted molar refractivity (Wildman–Crippen MR) is 125 cm³/mol. The molecule has 0 spiro atoms. The summed E-state index contributed by atoms with van der Waals surface area (Å²) >= 11 is 0. The van der Waals surface area contributed by atoms with Crippen LogP contribution in [-0.4, -0.2) is 33.1 Å². The third kappa shape index (κ3) is 7.18. The van der Waals surface area contributed by atoms with E-state index in [1.165, 1.54) is 50.5 Å². The first-order valence-corrected chi connectivity index (χ1v) is 13.3. The highest BCUT2D eigenvalue weighted by Gasteiger charge is 2.33. The van der Waals surface area contributed by atoms with Crippen molar-refractivity contribution in [3.8, 4) is 11.5 Å². The Morgan fingerprint density at radius 2 is 1.53 bits per heavy atom. The standard InChI is InChI=1S/C25H42O4S/c1-25(2,3)30(26,27)19-21-17-15-20(16-18-21)11-8-6-7-9-12-22-13-10-14-23(28-4)24(22)29-5/h10,13-14,20-21H,6-9,11-12,15-19H2,1-5H3. The molecule has 1 saturated carbocycles. The van der Waals surface area contributed by atoms with E-state index in [2.05, 4.69) is 6.07 Å². The summed E-state index contributed by atoms with van der Waals surface area (Å²) in [5.41, 5.74) is 1.22. The van der Waals surface area contributed by atoms with Crippen LogP contribution in [0.1, 0.15) is 84.1 Å². The molecule has 172 valence electrons. The van der Waals surface area contributed by atoms with Crippen LogP contribution in [-0.2, 0) is 16.3 Å². The Balaban J connectivity index is 1.62. The van der Waals surface area contributed by atoms with Crippen LogP contribution >= 0.6 is 0 Å². The van der Waals surface area contributed by atoms with Crippen molar-refractivity contribution in [2.24, 2.45) is 11.8 Å². The van der Waals surface area contributed by atoms with E-state index in [1.807, 2.05) is 32.9 Å². The van der Waals surface area contributed by atoms with Gasteiger partial charge >= 0.3 is 0 Å². The molecule has 1 fully saturated rings. The third-order valence-corrected chi connectivity index (χ3v) is 9.42. The number of methoxy groups -OCH3 is 2. The van der Waals surface area contributed by atoms with E-state index in [1.54, 1.807) is 14.2 Å². The van der Waals surface area contributed by atoms with Gasteiger partial charge in [0.05, 0.1) is 24.7 Å². The summed E-state index contributed by atoms with van der Waals surface area (Å²) in [7, 11) is 0.391. The zero-order chi connectivity index (χ0) is 22.2. The van der Waals surface area contributed by atoms with Crippen LogP contribution in [0.3, 0.4) is 0 Å². The van der Waals surface area contributed by atoms with Gasteiger partial charge in [0.25, 0.3) is 0 Å². The molecule has 0 radical (unpaired) electrons.